The normalized spacial score (nSPS) is 11.4. The van der Waals surface area contributed by atoms with Crippen molar-refractivity contribution in [2.45, 2.75) is 11.8 Å². The predicted molar refractivity (Wildman–Crippen MR) is 77.6 cm³/mol. The number of hydrogen-bond donors (Lipinski definition) is 0. The van der Waals surface area contributed by atoms with E-state index < -0.39 is 15.0 Å². The molecule has 2 rings (SSSR count). The van der Waals surface area contributed by atoms with Gasteiger partial charge in [-0.25, -0.2) is 13.2 Å². The lowest BCUT2D eigenvalue weighted by atomic mass is 10.1. The van der Waals surface area contributed by atoms with Gasteiger partial charge >= 0.3 is 5.97 Å². The summed E-state index contributed by atoms with van der Waals surface area (Å²) in [5, 5.41) is 3.95. The third-order valence-electron chi connectivity index (χ3n) is 2.76. The Morgan fingerprint density at radius 3 is 2.48 bits per heavy atom. The molecule has 1 aromatic carbocycles. The van der Waals surface area contributed by atoms with Crippen molar-refractivity contribution < 1.29 is 17.9 Å². The Labute approximate surface area is 126 Å². The second-order valence-corrected chi connectivity index (χ2v) is 6.68. The van der Waals surface area contributed by atoms with Crippen LogP contribution in [0.2, 0.25) is 0 Å². The van der Waals surface area contributed by atoms with Crippen molar-refractivity contribution in [1.82, 2.24) is 9.78 Å². The molecule has 8 heteroatoms. The van der Waals surface area contributed by atoms with E-state index in [1.165, 1.54) is 11.7 Å². The van der Waals surface area contributed by atoms with E-state index in [0.717, 1.165) is 0 Å². The molecule has 0 unspecified atom stereocenters. The van der Waals surface area contributed by atoms with E-state index in [1.807, 2.05) is 0 Å². The van der Waals surface area contributed by atoms with Gasteiger partial charge in [0.25, 0.3) is 9.05 Å². The van der Waals surface area contributed by atoms with Crippen molar-refractivity contribution in [3.63, 3.8) is 0 Å². The highest BCUT2D eigenvalue weighted by atomic mass is 35.7. The highest BCUT2D eigenvalue weighted by Gasteiger charge is 2.31. The Kier molecular flexibility index (Phi) is 4.34. The fourth-order valence-electron chi connectivity index (χ4n) is 1.98. The first kappa shape index (κ1) is 15.5. The molecular weight excluding hydrogens is 316 g/mol. The number of halogens is 1. The highest BCUT2D eigenvalue weighted by Crippen LogP contribution is 2.32. The number of benzene rings is 1. The van der Waals surface area contributed by atoms with E-state index in [0.29, 0.717) is 5.56 Å². The summed E-state index contributed by atoms with van der Waals surface area (Å²) in [6.45, 7) is 1.73. The largest absolute Gasteiger partial charge is 0.461 e. The zero-order chi connectivity index (χ0) is 15.6. The van der Waals surface area contributed by atoms with Gasteiger partial charge in [-0.05, 0) is 6.92 Å². The highest BCUT2D eigenvalue weighted by molar-refractivity contribution is 8.14. The maximum absolute atomic E-state index is 11.9. The summed E-state index contributed by atoms with van der Waals surface area (Å²) in [6.07, 6.45) is 0. The van der Waals surface area contributed by atoms with E-state index in [2.05, 4.69) is 5.10 Å². The number of rotatable bonds is 4. The molecule has 0 aliphatic carbocycles. The summed E-state index contributed by atoms with van der Waals surface area (Å²) in [4.78, 5) is 11.6. The monoisotopic (exact) mass is 328 g/mol. The summed E-state index contributed by atoms with van der Waals surface area (Å²) in [5.41, 5.74) is 0.518. The molecule has 0 amide bonds. The number of ether oxygens (including phenoxy) is 1. The Morgan fingerprint density at radius 2 is 1.95 bits per heavy atom. The van der Waals surface area contributed by atoms with Gasteiger partial charge < -0.3 is 4.74 Å². The van der Waals surface area contributed by atoms with Gasteiger partial charge in [0, 0.05) is 23.3 Å². The molecule has 6 nitrogen and oxygen atoms in total. The number of aromatic nitrogens is 2. The molecule has 0 fully saturated rings. The minimum atomic E-state index is -4.17. The summed E-state index contributed by atoms with van der Waals surface area (Å²) in [7, 11) is 2.86. The zero-order valence-electron chi connectivity index (χ0n) is 11.4. The molecule has 1 heterocycles. The molecule has 21 heavy (non-hydrogen) atoms. The molecule has 0 N–H and O–H groups in total. The Balaban J connectivity index is 2.75. The average Bonchev–Trinajstić information content (AvgIpc) is 2.78. The van der Waals surface area contributed by atoms with Crippen LogP contribution in [0.3, 0.4) is 0 Å². The van der Waals surface area contributed by atoms with Crippen LogP contribution in [0.1, 0.15) is 17.4 Å². The number of esters is 1. The number of carbonyl (C=O) groups is 1. The molecule has 0 saturated heterocycles. The predicted octanol–water partition coefficient (Wildman–Crippen LogP) is 2.19. The van der Waals surface area contributed by atoms with Gasteiger partial charge in [-0.2, -0.15) is 5.10 Å². The minimum Gasteiger partial charge on any atom is -0.461 e. The quantitative estimate of drug-likeness (QED) is 0.635. The van der Waals surface area contributed by atoms with Gasteiger partial charge in [0.2, 0.25) is 0 Å². The first-order chi connectivity index (χ1) is 9.86. The van der Waals surface area contributed by atoms with Crippen LogP contribution in [0.5, 0.6) is 0 Å². The molecule has 0 radical (unpaired) electrons. The van der Waals surface area contributed by atoms with Gasteiger partial charge in [0.15, 0.2) is 5.69 Å². The maximum Gasteiger partial charge on any atom is 0.360 e. The maximum atomic E-state index is 11.9. The fourth-order valence-corrected chi connectivity index (χ4v) is 3.26. The van der Waals surface area contributed by atoms with Crippen LogP contribution in [0.15, 0.2) is 35.2 Å². The van der Waals surface area contributed by atoms with E-state index in [9.17, 15) is 13.2 Å². The van der Waals surface area contributed by atoms with Crippen molar-refractivity contribution in [1.29, 1.82) is 0 Å². The third kappa shape index (κ3) is 3.08. The topological polar surface area (TPSA) is 78.3 Å². The van der Waals surface area contributed by atoms with Gasteiger partial charge in [-0.1, -0.05) is 30.3 Å². The lowest BCUT2D eigenvalue weighted by Gasteiger charge is -2.04. The zero-order valence-corrected chi connectivity index (χ0v) is 13.0. The SMILES string of the molecule is CCOC(=O)c1nn(C)c(-c2ccccc2)c1S(=O)(=O)Cl. The number of hydrogen-bond acceptors (Lipinski definition) is 5. The second kappa shape index (κ2) is 5.87. The molecule has 112 valence electrons. The fraction of sp³-hybridized carbons (Fsp3) is 0.231. The molecule has 0 bridgehead atoms. The lowest BCUT2D eigenvalue weighted by molar-refractivity contribution is 0.0514. The van der Waals surface area contributed by atoms with Gasteiger partial charge in [-0.15, -0.1) is 0 Å². The Hall–Kier alpha value is -1.86. The lowest BCUT2D eigenvalue weighted by Crippen LogP contribution is -2.09. The molecule has 0 spiro atoms. The van der Waals surface area contributed by atoms with E-state index in [-0.39, 0.29) is 22.9 Å². The number of carbonyl (C=O) groups excluding carboxylic acids is 1. The van der Waals surface area contributed by atoms with Crippen LogP contribution in [0, 0.1) is 0 Å². The van der Waals surface area contributed by atoms with E-state index in [4.69, 9.17) is 15.4 Å². The van der Waals surface area contributed by atoms with Crippen molar-refractivity contribution in [3.8, 4) is 11.3 Å². The molecule has 2 aromatic rings. The minimum absolute atomic E-state index is 0.109. The number of nitrogens with zero attached hydrogens (tertiary/aromatic N) is 2. The Bertz CT molecular complexity index is 769. The van der Waals surface area contributed by atoms with Gasteiger partial charge in [0.05, 0.1) is 12.3 Å². The van der Waals surface area contributed by atoms with Crippen LogP contribution in [-0.4, -0.2) is 30.8 Å². The third-order valence-corrected chi connectivity index (χ3v) is 4.10. The van der Waals surface area contributed by atoms with Crippen LogP contribution < -0.4 is 0 Å². The standard InChI is InChI=1S/C13H13ClN2O4S/c1-3-20-13(17)10-12(21(14,18)19)11(16(2)15-10)9-7-5-4-6-8-9/h4-8H,3H2,1-2H3. The molecule has 0 aliphatic heterocycles. The number of aryl methyl sites for hydroxylation is 1. The molecular formula is C13H13ClN2O4S. The van der Waals surface area contributed by atoms with Crippen LogP contribution in [0.4, 0.5) is 0 Å². The molecule has 0 saturated carbocycles. The summed E-state index contributed by atoms with van der Waals surface area (Å²) >= 11 is 0. The van der Waals surface area contributed by atoms with Crippen LogP contribution in [0.25, 0.3) is 11.3 Å². The second-order valence-electron chi connectivity index (χ2n) is 4.17. The summed E-state index contributed by atoms with van der Waals surface area (Å²) in [6, 6.07) is 8.70. The van der Waals surface area contributed by atoms with Crippen molar-refractivity contribution >= 4 is 25.7 Å². The van der Waals surface area contributed by atoms with Crippen molar-refractivity contribution in [2.24, 2.45) is 7.05 Å². The van der Waals surface area contributed by atoms with Crippen molar-refractivity contribution in [2.75, 3.05) is 6.61 Å². The molecule has 0 atom stereocenters. The first-order valence-corrected chi connectivity index (χ1v) is 8.41. The van der Waals surface area contributed by atoms with Crippen LogP contribution in [-0.2, 0) is 20.8 Å². The molecule has 0 aliphatic rings. The van der Waals surface area contributed by atoms with E-state index >= 15 is 0 Å². The van der Waals surface area contributed by atoms with E-state index in [1.54, 1.807) is 37.3 Å². The smallest absolute Gasteiger partial charge is 0.360 e. The average molecular weight is 329 g/mol. The summed E-state index contributed by atoms with van der Waals surface area (Å²) in [5.74, 6) is -0.825. The van der Waals surface area contributed by atoms with Gasteiger partial charge in [-0.3, -0.25) is 4.68 Å². The summed E-state index contributed by atoms with van der Waals surface area (Å²) < 4.78 is 29.9. The first-order valence-electron chi connectivity index (χ1n) is 6.10. The van der Waals surface area contributed by atoms with Gasteiger partial charge in [0.1, 0.15) is 4.90 Å². The van der Waals surface area contributed by atoms with Crippen LogP contribution >= 0.6 is 10.7 Å². The molecule has 1 aromatic heterocycles. The van der Waals surface area contributed by atoms with Crippen molar-refractivity contribution in [3.05, 3.63) is 36.0 Å². The Morgan fingerprint density at radius 1 is 1.33 bits per heavy atom.